The minimum atomic E-state index is -0.360. The molecule has 0 spiro atoms. The summed E-state index contributed by atoms with van der Waals surface area (Å²) in [6.07, 6.45) is 2.23. The maximum Gasteiger partial charge on any atom is 0.332 e. The predicted octanol–water partition coefficient (Wildman–Crippen LogP) is 2.30. The molecular weight excluding hydrogens is 394 g/mol. The predicted molar refractivity (Wildman–Crippen MR) is 119 cm³/mol. The monoisotopic (exact) mass is 421 g/mol. The molecule has 0 radical (unpaired) electrons. The number of hydrogen-bond acceptors (Lipinski definition) is 4. The molecule has 1 aliphatic rings. The molecule has 162 valence electrons. The molecule has 0 aliphatic carbocycles. The van der Waals surface area contributed by atoms with Crippen LogP contribution in [0.5, 0.6) is 0 Å². The molecule has 1 saturated heterocycles. The minimum Gasteiger partial charge on any atom is -0.376 e. The fourth-order valence-corrected chi connectivity index (χ4v) is 4.62. The van der Waals surface area contributed by atoms with E-state index in [1.165, 1.54) is 9.13 Å². The fraction of sp³-hybridized carbons (Fsp3) is 0.435. The van der Waals surface area contributed by atoms with E-state index in [0.717, 1.165) is 42.0 Å². The van der Waals surface area contributed by atoms with Crippen molar-refractivity contribution in [2.75, 3.05) is 6.61 Å². The number of benzene rings is 1. The van der Waals surface area contributed by atoms with Crippen LogP contribution in [0.2, 0.25) is 0 Å². The highest BCUT2D eigenvalue weighted by Crippen LogP contribution is 2.23. The SMILES string of the molecule is Cc1ccccc1Cn1c(=O)c2c(nc3n(CC4CCCO4)c(C)c(C)n23)n(C)c1=O. The lowest BCUT2D eigenvalue weighted by Crippen LogP contribution is -2.39. The van der Waals surface area contributed by atoms with Crippen molar-refractivity contribution in [3.05, 3.63) is 67.6 Å². The van der Waals surface area contributed by atoms with Crippen LogP contribution in [0.4, 0.5) is 0 Å². The van der Waals surface area contributed by atoms with E-state index in [-0.39, 0.29) is 23.9 Å². The van der Waals surface area contributed by atoms with Gasteiger partial charge in [-0.25, -0.2) is 4.79 Å². The van der Waals surface area contributed by atoms with Crippen LogP contribution in [-0.4, -0.2) is 35.8 Å². The molecule has 5 rings (SSSR count). The molecule has 31 heavy (non-hydrogen) atoms. The Kier molecular flexibility index (Phi) is 4.62. The average Bonchev–Trinajstić information content (AvgIpc) is 3.46. The third-order valence-corrected chi connectivity index (χ3v) is 6.63. The van der Waals surface area contributed by atoms with Gasteiger partial charge in [0.2, 0.25) is 5.78 Å². The minimum absolute atomic E-state index is 0.149. The molecule has 0 amide bonds. The summed E-state index contributed by atoms with van der Waals surface area (Å²) in [7, 11) is 1.68. The first-order valence-corrected chi connectivity index (χ1v) is 10.7. The molecule has 1 atom stereocenters. The van der Waals surface area contributed by atoms with E-state index < -0.39 is 0 Å². The second-order valence-electron chi connectivity index (χ2n) is 8.50. The molecular formula is C23H27N5O3. The number of aryl methyl sites for hydroxylation is 3. The van der Waals surface area contributed by atoms with Crippen LogP contribution >= 0.6 is 0 Å². The highest BCUT2D eigenvalue weighted by atomic mass is 16.5. The lowest BCUT2D eigenvalue weighted by atomic mass is 10.1. The number of nitrogens with zero attached hydrogens (tertiary/aromatic N) is 5. The van der Waals surface area contributed by atoms with Crippen LogP contribution in [-0.2, 0) is 24.9 Å². The summed E-state index contributed by atoms with van der Waals surface area (Å²) in [5.41, 5.74) is 4.18. The first-order valence-electron chi connectivity index (χ1n) is 10.7. The second kappa shape index (κ2) is 7.23. The molecule has 8 nitrogen and oxygen atoms in total. The average molecular weight is 422 g/mol. The number of aromatic nitrogens is 5. The summed E-state index contributed by atoms with van der Waals surface area (Å²) >= 11 is 0. The third kappa shape index (κ3) is 2.96. The van der Waals surface area contributed by atoms with Crippen molar-refractivity contribution in [3.63, 3.8) is 0 Å². The second-order valence-corrected chi connectivity index (χ2v) is 8.50. The maximum absolute atomic E-state index is 13.6. The van der Waals surface area contributed by atoms with Gasteiger partial charge in [0.15, 0.2) is 11.2 Å². The normalized spacial score (nSPS) is 16.7. The molecule has 4 aromatic rings. The van der Waals surface area contributed by atoms with Gasteiger partial charge in [0.25, 0.3) is 5.56 Å². The molecule has 3 aromatic heterocycles. The Morgan fingerprint density at radius 1 is 1.10 bits per heavy atom. The van der Waals surface area contributed by atoms with Gasteiger partial charge in [-0.2, -0.15) is 4.98 Å². The van der Waals surface area contributed by atoms with Gasteiger partial charge in [-0.15, -0.1) is 0 Å². The summed E-state index contributed by atoms with van der Waals surface area (Å²) in [5, 5.41) is 0. The van der Waals surface area contributed by atoms with Crippen LogP contribution in [0, 0.1) is 20.8 Å². The van der Waals surface area contributed by atoms with Crippen molar-refractivity contribution in [1.82, 2.24) is 23.1 Å². The Bertz CT molecular complexity index is 1430. The quantitative estimate of drug-likeness (QED) is 0.507. The number of rotatable bonds is 4. The number of fused-ring (bicyclic) bond motifs is 3. The van der Waals surface area contributed by atoms with Crippen LogP contribution in [0.3, 0.4) is 0 Å². The van der Waals surface area contributed by atoms with Crippen molar-refractivity contribution in [1.29, 1.82) is 0 Å². The maximum atomic E-state index is 13.6. The van der Waals surface area contributed by atoms with Gasteiger partial charge in [0.05, 0.1) is 19.2 Å². The van der Waals surface area contributed by atoms with E-state index in [1.54, 1.807) is 7.05 Å². The van der Waals surface area contributed by atoms with E-state index >= 15 is 0 Å². The van der Waals surface area contributed by atoms with Gasteiger partial charge >= 0.3 is 5.69 Å². The standard InChI is InChI=1S/C23H27N5O3/c1-14-8-5-6-9-17(14)12-27-21(29)19-20(25(4)23(27)30)24-22-26(13-18-10-7-11-31-18)15(2)16(3)28(19)22/h5-6,8-9,18H,7,10-13H2,1-4H3. The Hall–Kier alpha value is -3.13. The van der Waals surface area contributed by atoms with E-state index in [0.29, 0.717) is 23.5 Å². The summed E-state index contributed by atoms with van der Waals surface area (Å²) in [6, 6.07) is 7.81. The molecule has 0 bridgehead atoms. The first kappa shape index (κ1) is 19.8. The Labute approximate surface area is 179 Å². The number of ether oxygens (including phenoxy) is 1. The van der Waals surface area contributed by atoms with E-state index in [4.69, 9.17) is 9.72 Å². The highest BCUT2D eigenvalue weighted by Gasteiger charge is 2.25. The van der Waals surface area contributed by atoms with Crippen molar-refractivity contribution in [2.24, 2.45) is 7.05 Å². The Balaban J connectivity index is 1.75. The van der Waals surface area contributed by atoms with Crippen LogP contribution < -0.4 is 11.2 Å². The molecule has 1 aliphatic heterocycles. The molecule has 8 heteroatoms. The molecule has 4 heterocycles. The van der Waals surface area contributed by atoms with Gasteiger partial charge in [0.1, 0.15) is 0 Å². The Morgan fingerprint density at radius 2 is 1.87 bits per heavy atom. The molecule has 1 aromatic carbocycles. The summed E-state index contributed by atoms with van der Waals surface area (Å²) < 4.78 is 12.6. The number of imidazole rings is 2. The Morgan fingerprint density at radius 3 is 2.58 bits per heavy atom. The highest BCUT2D eigenvalue weighted by molar-refractivity contribution is 5.76. The van der Waals surface area contributed by atoms with E-state index in [1.807, 2.05) is 49.4 Å². The van der Waals surface area contributed by atoms with Crippen molar-refractivity contribution < 1.29 is 4.74 Å². The molecule has 0 saturated carbocycles. The van der Waals surface area contributed by atoms with Crippen LogP contribution in [0.15, 0.2) is 33.9 Å². The van der Waals surface area contributed by atoms with Crippen LogP contribution in [0.25, 0.3) is 16.9 Å². The lowest BCUT2D eigenvalue weighted by molar-refractivity contribution is 0.0974. The van der Waals surface area contributed by atoms with E-state index in [9.17, 15) is 9.59 Å². The van der Waals surface area contributed by atoms with Gasteiger partial charge in [-0.1, -0.05) is 24.3 Å². The molecule has 0 N–H and O–H groups in total. The van der Waals surface area contributed by atoms with Crippen molar-refractivity contribution >= 4 is 16.9 Å². The number of hydrogen-bond donors (Lipinski definition) is 0. The zero-order chi connectivity index (χ0) is 21.9. The van der Waals surface area contributed by atoms with Gasteiger partial charge in [-0.05, 0) is 44.7 Å². The van der Waals surface area contributed by atoms with Crippen molar-refractivity contribution in [2.45, 2.75) is 52.8 Å². The zero-order valence-corrected chi connectivity index (χ0v) is 18.4. The molecule has 1 unspecified atom stereocenters. The molecule has 1 fully saturated rings. The summed E-state index contributed by atoms with van der Waals surface area (Å²) in [5.74, 6) is 0.682. The third-order valence-electron chi connectivity index (χ3n) is 6.63. The van der Waals surface area contributed by atoms with Gasteiger partial charge < -0.3 is 9.30 Å². The zero-order valence-electron chi connectivity index (χ0n) is 18.4. The smallest absolute Gasteiger partial charge is 0.332 e. The first-order chi connectivity index (χ1) is 14.9. The van der Waals surface area contributed by atoms with Gasteiger partial charge in [-0.3, -0.25) is 18.3 Å². The van der Waals surface area contributed by atoms with Gasteiger partial charge in [0, 0.05) is 25.0 Å². The lowest BCUT2D eigenvalue weighted by Gasteiger charge is -2.12. The van der Waals surface area contributed by atoms with Crippen molar-refractivity contribution in [3.8, 4) is 0 Å². The summed E-state index contributed by atoms with van der Waals surface area (Å²) in [4.78, 5) is 31.4. The summed E-state index contributed by atoms with van der Waals surface area (Å²) in [6.45, 7) is 7.73. The van der Waals surface area contributed by atoms with Crippen LogP contribution in [0.1, 0.15) is 35.4 Å². The van der Waals surface area contributed by atoms with E-state index in [2.05, 4.69) is 4.57 Å². The fourth-order valence-electron chi connectivity index (χ4n) is 4.62. The largest absolute Gasteiger partial charge is 0.376 e. The topological polar surface area (TPSA) is 75.5 Å².